The molecular weight excluding hydrogens is 166 g/mol. The highest BCUT2D eigenvalue weighted by Gasteiger charge is 2.14. The Morgan fingerprint density at radius 3 is 3.00 bits per heavy atom. The number of aromatic amines is 1. The molecule has 2 heterocycles. The molecular formula is C10H11NO2. The number of aryl methyl sites for hydroxylation is 1. The molecule has 0 atom stereocenters. The molecule has 68 valence electrons. The van der Waals surface area contributed by atoms with Crippen LogP contribution in [0.4, 0.5) is 0 Å². The molecule has 0 saturated heterocycles. The van der Waals surface area contributed by atoms with Crippen molar-refractivity contribution in [2.75, 3.05) is 0 Å². The number of Topliss-reactive ketones (excluding diaryl/α,β-unsaturated/α-hetero) is 1. The van der Waals surface area contributed by atoms with Crippen LogP contribution in [-0.4, -0.2) is 10.8 Å². The first kappa shape index (κ1) is 8.10. The van der Waals surface area contributed by atoms with Crippen molar-refractivity contribution in [1.29, 1.82) is 0 Å². The molecule has 0 bridgehead atoms. The van der Waals surface area contributed by atoms with Gasteiger partial charge in [-0.2, -0.15) is 0 Å². The summed E-state index contributed by atoms with van der Waals surface area (Å²) in [6.07, 6.45) is 2.14. The van der Waals surface area contributed by atoms with Crippen LogP contribution >= 0.6 is 0 Å². The third kappa shape index (κ3) is 1.08. The van der Waals surface area contributed by atoms with E-state index >= 15 is 0 Å². The molecule has 1 N–H and O–H groups in total. The van der Waals surface area contributed by atoms with Crippen LogP contribution in [0.15, 0.2) is 16.7 Å². The summed E-state index contributed by atoms with van der Waals surface area (Å²) in [5, 5.41) is 0. The summed E-state index contributed by atoms with van der Waals surface area (Å²) < 4.78 is 5.24. The number of H-pyrrole nitrogens is 1. The Labute approximate surface area is 75.7 Å². The molecule has 2 aromatic heterocycles. The van der Waals surface area contributed by atoms with Crippen molar-refractivity contribution >= 4 is 16.9 Å². The molecule has 2 rings (SSSR count). The zero-order valence-corrected chi connectivity index (χ0v) is 7.68. The van der Waals surface area contributed by atoms with E-state index in [1.54, 1.807) is 6.26 Å². The van der Waals surface area contributed by atoms with Gasteiger partial charge in [0.1, 0.15) is 0 Å². The second-order valence-corrected chi connectivity index (χ2v) is 3.07. The molecule has 0 saturated carbocycles. The molecule has 0 aliphatic heterocycles. The van der Waals surface area contributed by atoms with Crippen LogP contribution in [0.1, 0.15) is 29.4 Å². The molecule has 13 heavy (non-hydrogen) atoms. The largest absolute Gasteiger partial charge is 0.462 e. The smallest absolute Gasteiger partial charge is 0.179 e. The number of aromatic nitrogens is 1. The van der Waals surface area contributed by atoms with Crippen LogP contribution in [0.5, 0.6) is 0 Å². The van der Waals surface area contributed by atoms with E-state index in [0.29, 0.717) is 12.1 Å². The maximum atomic E-state index is 11.4. The summed E-state index contributed by atoms with van der Waals surface area (Å²) in [4.78, 5) is 14.5. The predicted octanol–water partition coefficient (Wildman–Crippen LogP) is 2.66. The fourth-order valence-electron chi connectivity index (χ4n) is 1.50. The van der Waals surface area contributed by atoms with E-state index < -0.39 is 0 Å². The molecule has 0 amide bonds. The van der Waals surface area contributed by atoms with Gasteiger partial charge in [0.15, 0.2) is 11.4 Å². The third-order valence-corrected chi connectivity index (χ3v) is 2.24. The SMILES string of the molecule is CCC(=O)c1[nH]c2ccoc2c1C. The van der Waals surface area contributed by atoms with Crippen molar-refractivity contribution in [1.82, 2.24) is 4.98 Å². The van der Waals surface area contributed by atoms with Gasteiger partial charge >= 0.3 is 0 Å². The number of furan rings is 1. The molecule has 3 nitrogen and oxygen atoms in total. The first-order valence-corrected chi connectivity index (χ1v) is 4.33. The van der Waals surface area contributed by atoms with E-state index in [4.69, 9.17) is 4.42 Å². The van der Waals surface area contributed by atoms with E-state index in [-0.39, 0.29) is 5.78 Å². The summed E-state index contributed by atoms with van der Waals surface area (Å²) in [5.74, 6) is 0.129. The standard InChI is InChI=1S/C10H11NO2/c1-3-8(12)9-6(2)10-7(11-9)4-5-13-10/h4-5,11H,3H2,1-2H3. The lowest BCUT2D eigenvalue weighted by atomic mass is 10.1. The van der Waals surface area contributed by atoms with Crippen LogP contribution in [0, 0.1) is 6.92 Å². The minimum Gasteiger partial charge on any atom is -0.462 e. The lowest BCUT2D eigenvalue weighted by Crippen LogP contribution is -1.98. The number of hydrogen-bond donors (Lipinski definition) is 1. The fraction of sp³-hybridized carbons (Fsp3) is 0.300. The van der Waals surface area contributed by atoms with Crippen LogP contribution in [0.2, 0.25) is 0 Å². The Kier molecular flexibility index (Phi) is 1.72. The van der Waals surface area contributed by atoms with E-state index in [2.05, 4.69) is 4.98 Å². The zero-order chi connectivity index (χ0) is 9.42. The molecule has 2 aromatic rings. The third-order valence-electron chi connectivity index (χ3n) is 2.24. The molecule has 0 unspecified atom stereocenters. The maximum Gasteiger partial charge on any atom is 0.179 e. The molecule has 0 aromatic carbocycles. The number of nitrogens with one attached hydrogen (secondary N) is 1. The van der Waals surface area contributed by atoms with E-state index in [1.807, 2.05) is 19.9 Å². The number of rotatable bonds is 2. The lowest BCUT2D eigenvalue weighted by Gasteiger charge is -1.93. The van der Waals surface area contributed by atoms with Crippen molar-refractivity contribution in [3.8, 4) is 0 Å². The van der Waals surface area contributed by atoms with Crippen molar-refractivity contribution in [2.45, 2.75) is 20.3 Å². The van der Waals surface area contributed by atoms with Gasteiger partial charge in [0.25, 0.3) is 0 Å². The number of carbonyl (C=O) groups is 1. The Balaban J connectivity index is 2.64. The summed E-state index contributed by atoms with van der Waals surface area (Å²) in [7, 11) is 0. The maximum absolute atomic E-state index is 11.4. The highest BCUT2D eigenvalue weighted by Crippen LogP contribution is 2.23. The van der Waals surface area contributed by atoms with Crippen LogP contribution in [0.25, 0.3) is 11.1 Å². The fourth-order valence-corrected chi connectivity index (χ4v) is 1.50. The minimum absolute atomic E-state index is 0.129. The Morgan fingerprint density at radius 2 is 2.38 bits per heavy atom. The van der Waals surface area contributed by atoms with Gasteiger partial charge in [-0.3, -0.25) is 4.79 Å². The Hall–Kier alpha value is -1.51. The van der Waals surface area contributed by atoms with Gasteiger partial charge in [0.2, 0.25) is 0 Å². The number of fused-ring (bicyclic) bond motifs is 1. The second kappa shape index (κ2) is 2.76. The van der Waals surface area contributed by atoms with Gasteiger partial charge in [0, 0.05) is 18.1 Å². The zero-order valence-electron chi connectivity index (χ0n) is 7.68. The van der Waals surface area contributed by atoms with Crippen molar-refractivity contribution in [3.63, 3.8) is 0 Å². The monoisotopic (exact) mass is 177 g/mol. The molecule has 0 aliphatic rings. The molecule has 0 radical (unpaired) electrons. The molecule has 3 heteroatoms. The average Bonchev–Trinajstić information content (AvgIpc) is 2.68. The number of hydrogen-bond acceptors (Lipinski definition) is 2. The van der Waals surface area contributed by atoms with Gasteiger partial charge < -0.3 is 9.40 Å². The van der Waals surface area contributed by atoms with E-state index in [0.717, 1.165) is 16.7 Å². The van der Waals surface area contributed by atoms with Crippen molar-refractivity contribution in [2.24, 2.45) is 0 Å². The minimum atomic E-state index is 0.129. The van der Waals surface area contributed by atoms with Gasteiger partial charge in [-0.05, 0) is 6.92 Å². The molecule has 0 fully saturated rings. The topological polar surface area (TPSA) is 46.0 Å². The summed E-state index contributed by atoms with van der Waals surface area (Å²) >= 11 is 0. The normalized spacial score (nSPS) is 10.9. The first-order chi connectivity index (χ1) is 6.24. The highest BCUT2D eigenvalue weighted by atomic mass is 16.3. The van der Waals surface area contributed by atoms with E-state index in [1.165, 1.54) is 0 Å². The van der Waals surface area contributed by atoms with Crippen LogP contribution in [-0.2, 0) is 0 Å². The lowest BCUT2D eigenvalue weighted by molar-refractivity contribution is 0.0983. The van der Waals surface area contributed by atoms with E-state index in [9.17, 15) is 4.79 Å². The van der Waals surface area contributed by atoms with Crippen molar-refractivity contribution in [3.05, 3.63) is 23.6 Å². The first-order valence-electron chi connectivity index (χ1n) is 4.33. The van der Waals surface area contributed by atoms with Gasteiger partial charge in [0.05, 0.1) is 17.5 Å². The van der Waals surface area contributed by atoms with Gasteiger partial charge in [-0.1, -0.05) is 6.92 Å². The predicted molar refractivity (Wildman–Crippen MR) is 49.9 cm³/mol. The van der Waals surface area contributed by atoms with Crippen LogP contribution in [0.3, 0.4) is 0 Å². The quantitative estimate of drug-likeness (QED) is 0.717. The number of carbonyl (C=O) groups excluding carboxylic acids is 1. The second-order valence-electron chi connectivity index (χ2n) is 3.07. The van der Waals surface area contributed by atoms with Gasteiger partial charge in [-0.25, -0.2) is 0 Å². The summed E-state index contributed by atoms with van der Waals surface area (Å²) in [6, 6.07) is 1.83. The molecule has 0 aliphatic carbocycles. The summed E-state index contributed by atoms with van der Waals surface area (Å²) in [6.45, 7) is 3.75. The van der Waals surface area contributed by atoms with Crippen LogP contribution < -0.4 is 0 Å². The van der Waals surface area contributed by atoms with Gasteiger partial charge in [-0.15, -0.1) is 0 Å². The average molecular weight is 177 g/mol. The Morgan fingerprint density at radius 1 is 1.62 bits per heavy atom. The summed E-state index contributed by atoms with van der Waals surface area (Å²) in [5.41, 5.74) is 3.27. The number of ketones is 1. The van der Waals surface area contributed by atoms with Crippen molar-refractivity contribution < 1.29 is 9.21 Å². The Bertz CT molecular complexity index is 450. The molecule has 0 spiro atoms. The highest BCUT2D eigenvalue weighted by molar-refractivity contribution is 6.00.